The summed E-state index contributed by atoms with van der Waals surface area (Å²) in [7, 11) is 0. The molecule has 2 aliphatic heterocycles. The number of carbonyl (C=O) groups is 9. The zero-order chi connectivity index (χ0) is 69.2. The third kappa shape index (κ3) is 26.0. The van der Waals surface area contributed by atoms with E-state index in [-0.39, 0.29) is 107 Å². The molecule has 30 heteroatoms. The number of hydrogen-bond acceptors (Lipinski definition) is 17. The highest BCUT2D eigenvalue weighted by molar-refractivity contribution is 7.98. The number of fused-ring (bicyclic) bond motifs is 3. The number of hydrogen-bond donors (Lipinski definition) is 14. The largest absolute Gasteiger partial charge is 0.378 e. The quantitative estimate of drug-likeness (QED) is 0.0187. The van der Waals surface area contributed by atoms with Crippen molar-refractivity contribution in [3.8, 4) is 0 Å². The van der Waals surface area contributed by atoms with Gasteiger partial charge >= 0.3 is 0 Å². The molecule has 0 saturated carbocycles. The fraction of sp³-hybridized carbons (Fsp3) is 0.470. The number of amides is 9. The van der Waals surface area contributed by atoms with Gasteiger partial charge in [-0.3, -0.25) is 53.1 Å². The maximum Gasteiger partial charge on any atom is 0.246 e. The molecule has 1 fully saturated rings. The molecule has 4 aromatic rings. The smallest absolute Gasteiger partial charge is 0.246 e. The van der Waals surface area contributed by atoms with E-state index in [1.54, 1.807) is 30.3 Å². The molecule has 9 amide bonds. The second-order valence-electron chi connectivity index (χ2n) is 23.0. The number of nitrogens with zero attached hydrogens (tertiary/aromatic N) is 3. The van der Waals surface area contributed by atoms with Crippen LogP contribution in [-0.2, 0) is 70.6 Å². The van der Waals surface area contributed by atoms with Crippen molar-refractivity contribution in [2.45, 2.75) is 118 Å². The molecular formula is C66H92N16O11S3. The first-order valence-corrected chi connectivity index (χ1v) is 34.9. The summed E-state index contributed by atoms with van der Waals surface area (Å²) in [6, 6.07) is 24.6. The predicted octanol–water partition coefficient (Wildman–Crippen LogP) is -0.209. The van der Waals surface area contributed by atoms with Gasteiger partial charge in [-0.1, -0.05) is 115 Å². The number of nitrogens with two attached hydrogens (primary N) is 5. The number of aliphatic imine (C=N–C) groups is 2. The standard InChI is InChI=1S/C66H92N16O11S3/c1-42(83)75-53-41-96-39-45-18-11-17-44(35-45)38-95-40-52(57(84)72-29-32-93-34-33-92-31-26-67)80-60(87)50(36-43-15-5-2-6-16-43)78-58(85)48(23-12-27-73-65(68)69)76-61(88)51(37-94)79-59(86)49(24-13-28-74-66(70)71)77-63(90)54-25-14-30-82(54)64(91)56(81-62(53)89)55(46-19-7-3-8-20-46)47-21-9-4-10-22-47/h2-11,15-22,35,48-56,94H,12-14,23-34,36-41,67H2,1H3,(H,72,84)(H,75,83)(H,76,88)(H,77,90)(H,78,85)(H,79,86)(H,80,87)(H,81,89)(H4,68,69,73)(H4,70,71,74)/t48-,49-,50-,51-,52-,53-,54-,56-/m0/s1. The van der Waals surface area contributed by atoms with Gasteiger partial charge in [0.25, 0.3) is 0 Å². The fourth-order valence-electron chi connectivity index (χ4n) is 10.9. The summed E-state index contributed by atoms with van der Waals surface area (Å²) in [4.78, 5) is 141. The molecule has 18 N–H and O–H groups in total. The number of carbonyl (C=O) groups excluding carboxylic acids is 9. The Balaban J connectivity index is 1.40. The van der Waals surface area contributed by atoms with Crippen molar-refractivity contribution >= 4 is 101 Å². The van der Waals surface area contributed by atoms with Crippen molar-refractivity contribution in [3.63, 3.8) is 0 Å². The predicted molar refractivity (Wildman–Crippen MR) is 375 cm³/mol. The molecule has 2 bridgehead atoms. The van der Waals surface area contributed by atoms with Gasteiger partial charge in [-0.15, -0.1) is 0 Å². The Hall–Kier alpha value is -8.42. The van der Waals surface area contributed by atoms with Gasteiger partial charge in [-0.05, 0) is 66.3 Å². The molecule has 0 radical (unpaired) electrons. The summed E-state index contributed by atoms with van der Waals surface area (Å²) in [6.07, 6.45) is 0.693. The van der Waals surface area contributed by atoms with Crippen molar-refractivity contribution in [1.82, 2.24) is 47.4 Å². The third-order valence-corrected chi connectivity index (χ3v) is 18.1. The van der Waals surface area contributed by atoms with Crippen LogP contribution in [0.4, 0.5) is 0 Å². The van der Waals surface area contributed by atoms with E-state index in [9.17, 15) is 38.4 Å². The van der Waals surface area contributed by atoms with Crippen molar-refractivity contribution in [2.24, 2.45) is 38.7 Å². The molecule has 96 heavy (non-hydrogen) atoms. The molecule has 4 aromatic carbocycles. The number of benzene rings is 4. The second kappa shape index (κ2) is 41.5. The van der Waals surface area contributed by atoms with Gasteiger partial charge in [0.15, 0.2) is 11.9 Å². The Bertz CT molecular complexity index is 3190. The maximum atomic E-state index is 15.6. The van der Waals surface area contributed by atoms with Gasteiger partial charge in [-0.2, -0.15) is 36.2 Å². The van der Waals surface area contributed by atoms with Gasteiger partial charge in [0, 0.05) is 80.8 Å². The summed E-state index contributed by atoms with van der Waals surface area (Å²) in [5.74, 6) is -6.76. The topological polar surface area (TPSA) is 426 Å². The summed E-state index contributed by atoms with van der Waals surface area (Å²) >= 11 is 7.19. The van der Waals surface area contributed by atoms with Crippen molar-refractivity contribution in [2.75, 3.05) is 76.4 Å². The molecule has 1 saturated heterocycles. The molecule has 2 heterocycles. The summed E-state index contributed by atoms with van der Waals surface area (Å²) in [5.41, 5.74) is 31.9. The van der Waals surface area contributed by atoms with Crippen LogP contribution in [0.2, 0.25) is 0 Å². The molecule has 6 rings (SSSR count). The average molecular weight is 1380 g/mol. The third-order valence-electron chi connectivity index (χ3n) is 15.5. The number of guanidine groups is 2. The lowest BCUT2D eigenvalue weighted by molar-refractivity contribution is -0.142. The molecule has 520 valence electrons. The monoisotopic (exact) mass is 1380 g/mol. The Morgan fingerprint density at radius 3 is 1.71 bits per heavy atom. The highest BCUT2D eigenvalue weighted by Gasteiger charge is 2.43. The van der Waals surface area contributed by atoms with Crippen LogP contribution in [0.3, 0.4) is 0 Å². The summed E-state index contributed by atoms with van der Waals surface area (Å²) in [6.45, 7) is 2.99. The molecule has 0 aliphatic carbocycles. The van der Waals surface area contributed by atoms with Crippen LogP contribution in [0.5, 0.6) is 0 Å². The first-order chi connectivity index (χ1) is 46.3. The molecule has 27 nitrogen and oxygen atoms in total. The van der Waals surface area contributed by atoms with Gasteiger partial charge in [0.1, 0.15) is 48.3 Å². The lowest BCUT2D eigenvalue weighted by Gasteiger charge is -2.35. The van der Waals surface area contributed by atoms with E-state index in [4.69, 9.17) is 38.1 Å². The van der Waals surface area contributed by atoms with Gasteiger partial charge < -0.3 is 85.6 Å². The minimum absolute atomic E-state index is 0.0451. The van der Waals surface area contributed by atoms with Crippen molar-refractivity contribution in [3.05, 3.63) is 143 Å². The van der Waals surface area contributed by atoms with E-state index in [2.05, 4.69) is 65.1 Å². The first-order valence-electron chi connectivity index (χ1n) is 32.0. The number of thioether (sulfide) groups is 2. The molecule has 0 unspecified atom stereocenters. The number of rotatable bonds is 24. The zero-order valence-corrected chi connectivity index (χ0v) is 56.5. The lowest BCUT2D eigenvalue weighted by Crippen LogP contribution is -2.61. The highest BCUT2D eigenvalue weighted by atomic mass is 32.2. The first kappa shape index (κ1) is 76.6. The molecule has 0 aromatic heterocycles. The Kier molecular flexibility index (Phi) is 33.1. The second-order valence-corrected chi connectivity index (χ2v) is 25.4. The molecule has 0 spiro atoms. The zero-order valence-electron chi connectivity index (χ0n) is 54.0. The van der Waals surface area contributed by atoms with Gasteiger partial charge in [-0.25, -0.2) is 0 Å². The Morgan fingerprint density at radius 1 is 0.625 bits per heavy atom. The van der Waals surface area contributed by atoms with Crippen LogP contribution in [-0.4, -0.2) is 195 Å². The fourth-order valence-corrected chi connectivity index (χ4v) is 13.1. The summed E-state index contributed by atoms with van der Waals surface area (Å²) < 4.78 is 11.0. The van der Waals surface area contributed by atoms with Crippen LogP contribution in [0.1, 0.15) is 79.2 Å². The van der Waals surface area contributed by atoms with Gasteiger partial charge in [0.05, 0.1) is 26.4 Å². The normalized spacial score (nSPS) is 21.5. The van der Waals surface area contributed by atoms with Crippen molar-refractivity contribution in [1.29, 1.82) is 0 Å². The minimum atomic E-state index is -1.44. The van der Waals surface area contributed by atoms with Gasteiger partial charge in [0.2, 0.25) is 53.2 Å². The van der Waals surface area contributed by atoms with Crippen LogP contribution in [0.25, 0.3) is 0 Å². The van der Waals surface area contributed by atoms with Crippen LogP contribution in [0, 0.1) is 0 Å². The van der Waals surface area contributed by atoms with Crippen LogP contribution >= 0.6 is 36.2 Å². The van der Waals surface area contributed by atoms with Crippen LogP contribution < -0.4 is 71.2 Å². The summed E-state index contributed by atoms with van der Waals surface area (Å²) in [5, 5.41) is 22.7. The molecule has 2 aliphatic rings. The highest BCUT2D eigenvalue weighted by Crippen LogP contribution is 2.32. The minimum Gasteiger partial charge on any atom is -0.378 e. The van der Waals surface area contributed by atoms with E-state index in [0.29, 0.717) is 54.4 Å². The van der Waals surface area contributed by atoms with Crippen LogP contribution in [0.15, 0.2) is 125 Å². The Labute approximate surface area is 574 Å². The SMILES string of the molecule is CC(=O)N[C@H]1CSCc2cccc(c2)CSC[C@@H](C(=O)NCCOCCOCCN)NC(=O)[C@H](Cc2ccccc2)NC(=O)[C@H](CCCN=C(N)N)NC(=O)[C@H](CS)NC(=O)[C@H](CCCN=C(N)N)NC(=O)[C@@H]2CCCN2C(=O)[C@H](C(c2ccccc2)c2ccccc2)NC1=O. The number of ether oxygens (including phenoxy) is 2. The molecular weight excluding hydrogens is 1290 g/mol. The van der Waals surface area contributed by atoms with E-state index in [1.807, 2.05) is 84.9 Å². The van der Waals surface area contributed by atoms with E-state index in [1.165, 1.54) is 35.3 Å². The van der Waals surface area contributed by atoms with E-state index in [0.717, 1.165) is 11.1 Å². The average Bonchev–Trinajstić information content (AvgIpc) is 1.41. The Morgan fingerprint density at radius 2 is 1.15 bits per heavy atom. The number of thiol groups is 1. The number of nitrogens with one attached hydrogen (secondary N) is 8. The van der Waals surface area contributed by atoms with E-state index < -0.39 is 107 Å². The molecule has 8 atom stereocenters. The maximum absolute atomic E-state index is 15.6. The van der Waals surface area contributed by atoms with Crippen molar-refractivity contribution < 1.29 is 52.6 Å². The lowest BCUT2D eigenvalue weighted by atomic mass is 9.84. The van der Waals surface area contributed by atoms with E-state index >= 15 is 4.79 Å².